The highest BCUT2D eigenvalue weighted by Crippen LogP contribution is 2.32. The molecule has 3 heterocycles. The Labute approximate surface area is 192 Å². The Bertz CT molecular complexity index is 637. The van der Waals surface area contributed by atoms with Crippen LogP contribution in [0.4, 0.5) is 0 Å². The molecular weight excluding hydrogens is 472 g/mol. The van der Waals surface area contributed by atoms with Gasteiger partial charge in [-0.2, -0.15) is 0 Å². The lowest BCUT2D eigenvalue weighted by Gasteiger charge is -2.47. The van der Waals surface area contributed by atoms with Crippen LogP contribution in [0.2, 0.25) is 0 Å². The number of hydrogen-bond acceptors (Lipinski definition) is 16. The molecule has 16 nitrogen and oxygen atoms in total. The first kappa shape index (κ1) is 27.9. The van der Waals surface area contributed by atoms with Crippen LogP contribution in [0, 0.1) is 0 Å². The number of aliphatic hydroxyl groups excluding tert-OH is 11. The monoisotopic (exact) mass is 504 g/mol. The Hall–Kier alpha value is -0.640. The molecule has 16 heteroatoms. The second kappa shape index (κ2) is 11.6. The van der Waals surface area contributed by atoms with Crippen LogP contribution in [-0.4, -0.2) is 168 Å². The van der Waals surface area contributed by atoms with Crippen molar-refractivity contribution in [3.63, 3.8) is 0 Å². The molecule has 0 amide bonds. The molecule has 0 spiro atoms. The van der Waals surface area contributed by atoms with Crippen molar-refractivity contribution in [2.75, 3.05) is 19.8 Å². The van der Waals surface area contributed by atoms with Crippen molar-refractivity contribution in [3.05, 3.63) is 0 Å². The van der Waals surface area contributed by atoms with Gasteiger partial charge in [0.25, 0.3) is 0 Å². The van der Waals surface area contributed by atoms with Gasteiger partial charge in [0.1, 0.15) is 73.2 Å². The second-order valence-electron chi connectivity index (χ2n) is 8.33. The molecule has 3 aliphatic heterocycles. The van der Waals surface area contributed by atoms with Gasteiger partial charge in [-0.1, -0.05) is 0 Å². The van der Waals surface area contributed by atoms with E-state index in [1.807, 2.05) is 0 Å². The van der Waals surface area contributed by atoms with Crippen LogP contribution in [0.15, 0.2) is 0 Å². The van der Waals surface area contributed by atoms with Crippen LogP contribution in [0.25, 0.3) is 0 Å². The highest BCUT2D eigenvalue weighted by Gasteiger charge is 2.53. The van der Waals surface area contributed by atoms with Gasteiger partial charge < -0.3 is 79.9 Å². The molecule has 3 saturated heterocycles. The Morgan fingerprint density at radius 3 is 1.50 bits per heavy atom. The SMILES string of the molecule is OC[C@H]1O[C@@H](O[C@@H]2[C@@H](O)[C@H](O[C@@H]3[C@H](O)[C@@H](O)[C@H](O)O[C@@H]3CO)O[C@H](CO)[C@H]2O)[C@H](O)[C@@H](O)[C@@H]1O. The average molecular weight is 504 g/mol. The van der Waals surface area contributed by atoms with Gasteiger partial charge in [-0.3, -0.25) is 0 Å². The van der Waals surface area contributed by atoms with Gasteiger partial charge in [-0.05, 0) is 0 Å². The van der Waals surface area contributed by atoms with Crippen LogP contribution in [-0.2, 0) is 23.7 Å². The molecule has 3 aliphatic rings. The predicted molar refractivity (Wildman–Crippen MR) is 101 cm³/mol. The van der Waals surface area contributed by atoms with E-state index in [2.05, 4.69) is 0 Å². The van der Waals surface area contributed by atoms with Crippen molar-refractivity contribution in [1.82, 2.24) is 0 Å². The number of hydrogen-bond donors (Lipinski definition) is 11. The van der Waals surface area contributed by atoms with Crippen LogP contribution in [0.5, 0.6) is 0 Å². The highest BCUT2D eigenvalue weighted by atomic mass is 16.7. The smallest absolute Gasteiger partial charge is 0.187 e. The highest BCUT2D eigenvalue weighted by molar-refractivity contribution is 4.96. The zero-order chi connectivity index (χ0) is 25.3. The van der Waals surface area contributed by atoms with Crippen molar-refractivity contribution in [1.29, 1.82) is 0 Å². The maximum Gasteiger partial charge on any atom is 0.187 e. The zero-order valence-electron chi connectivity index (χ0n) is 17.7. The van der Waals surface area contributed by atoms with Gasteiger partial charge in [0.15, 0.2) is 18.9 Å². The molecule has 0 aromatic rings. The first-order valence-electron chi connectivity index (χ1n) is 10.6. The van der Waals surface area contributed by atoms with E-state index in [1.54, 1.807) is 0 Å². The molecule has 0 aromatic carbocycles. The minimum atomic E-state index is -1.90. The van der Waals surface area contributed by atoms with Crippen molar-refractivity contribution in [2.24, 2.45) is 0 Å². The molecule has 0 bridgehead atoms. The van der Waals surface area contributed by atoms with Crippen molar-refractivity contribution in [2.45, 2.75) is 92.1 Å². The lowest BCUT2D eigenvalue weighted by Crippen LogP contribution is -2.66. The normalized spacial score (nSPS) is 52.5. The maximum absolute atomic E-state index is 10.8. The van der Waals surface area contributed by atoms with Gasteiger partial charge in [-0.15, -0.1) is 0 Å². The molecule has 0 aromatic heterocycles. The van der Waals surface area contributed by atoms with E-state index in [9.17, 15) is 56.2 Å². The van der Waals surface area contributed by atoms with Gasteiger partial charge in [-0.25, -0.2) is 0 Å². The molecule has 200 valence electrons. The topological polar surface area (TPSA) is 269 Å². The van der Waals surface area contributed by atoms with E-state index in [0.717, 1.165) is 0 Å². The summed E-state index contributed by atoms with van der Waals surface area (Å²) in [6.45, 7) is -2.34. The van der Waals surface area contributed by atoms with Gasteiger partial charge >= 0.3 is 0 Å². The molecule has 34 heavy (non-hydrogen) atoms. The summed E-state index contributed by atoms with van der Waals surface area (Å²) in [7, 11) is 0. The summed E-state index contributed by atoms with van der Waals surface area (Å²) in [4.78, 5) is 0. The molecule has 11 N–H and O–H groups in total. The van der Waals surface area contributed by atoms with E-state index in [0.29, 0.717) is 0 Å². The Balaban J connectivity index is 1.78. The first-order valence-corrected chi connectivity index (χ1v) is 10.6. The lowest BCUT2D eigenvalue weighted by molar-refractivity contribution is -0.378. The van der Waals surface area contributed by atoms with Crippen molar-refractivity contribution in [3.8, 4) is 0 Å². The summed E-state index contributed by atoms with van der Waals surface area (Å²) in [6, 6.07) is 0. The fourth-order valence-corrected chi connectivity index (χ4v) is 4.05. The van der Waals surface area contributed by atoms with Crippen LogP contribution >= 0.6 is 0 Å². The standard InChI is InChI=1S/C18H32O16/c19-1-4-7(22)9(24)12(27)17(31-4)34-15-8(23)5(2-20)32-18(13(15)28)33-14-6(3-21)30-16(29)11(26)10(14)25/h4-29H,1-3H2/t4-,5-,6-,7-,8-,9+,10-,11-,12-,13-,14+,15+,16-,17+,18+/m1/s1. The first-order chi connectivity index (χ1) is 16.0. The van der Waals surface area contributed by atoms with E-state index in [4.69, 9.17) is 23.7 Å². The van der Waals surface area contributed by atoms with Crippen molar-refractivity contribution < 1.29 is 79.9 Å². The van der Waals surface area contributed by atoms with Gasteiger partial charge in [0.2, 0.25) is 0 Å². The summed E-state index contributed by atoms with van der Waals surface area (Å²) in [5.41, 5.74) is 0. The molecule has 0 radical (unpaired) electrons. The molecular formula is C18H32O16. The summed E-state index contributed by atoms with van der Waals surface area (Å²) < 4.78 is 26.4. The second-order valence-corrected chi connectivity index (χ2v) is 8.33. The number of rotatable bonds is 7. The predicted octanol–water partition coefficient (Wildman–Crippen LogP) is -7.57. The fourth-order valence-electron chi connectivity index (χ4n) is 4.05. The van der Waals surface area contributed by atoms with E-state index in [1.165, 1.54) is 0 Å². The zero-order valence-corrected chi connectivity index (χ0v) is 17.7. The Morgan fingerprint density at radius 1 is 0.441 bits per heavy atom. The molecule has 15 atom stereocenters. The lowest BCUT2D eigenvalue weighted by atomic mass is 9.96. The summed E-state index contributed by atoms with van der Waals surface area (Å²) in [5, 5.41) is 109. The Morgan fingerprint density at radius 2 is 0.941 bits per heavy atom. The van der Waals surface area contributed by atoms with Crippen molar-refractivity contribution >= 4 is 0 Å². The quantitative estimate of drug-likeness (QED) is 0.154. The summed E-state index contributed by atoms with van der Waals surface area (Å²) in [6.07, 6.45) is -25.4. The Kier molecular flexibility index (Phi) is 9.54. The van der Waals surface area contributed by atoms with Gasteiger partial charge in [0, 0.05) is 0 Å². The van der Waals surface area contributed by atoms with Crippen LogP contribution in [0.1, 0.15) is 0 Å². The minimum Gasteiger partial charge on any atom is -0.394 e. The van der Waals surface area contributed by atoms with E-state index < -0.39 is 112 Å². The minimum absolute atomic E-state index is 0.759. The summed E-state index contributed by atoms with van der Waals surface area (Å²) >= 11 is 0. The average Bonchev–Trinajstić information content (AvgIpc) is 2.83. The third-order valence-corrected chi connectivity index (χ3v) is 6.09. The third kappa shape index (κ3) is 5.37. The number of ether oxygens (including phenoxy) is 5. The van der Waals surface area contributed by atoms with Gasteiger partial charge in [0.05, 0.1) is 19.8 Å². The molecule has 0 aliphatic carbocycles. The van der Waals surface area contributed by atoms with E-state index in [-0.39, 0.29) is 0 Å². The van der Waals surface area contributed by atoms with E-state index >= 15 is 0 Å². The van der Waals surface area contributed by atoms with Crippen LogP contribution in [0.3, 0.4) is 0 Å². The largest absolute Gasteiger partial charge is 0.394 e. The fraction of sp³-hybridized carbons (Fsp3) is 1.00. The maximum atomic E-state index is 10.8. The third-order valence-electron chi connectivity index (χ3n) is 6.09. The molecule has 3 rings (SSSR count). The molecule has 0 unspecified atom stereocenters. The van der Waals surface area contributed by atoms with Crippen LogP contribution < -0.4 is 0 Å². The number of aliphatic hydroxyl groups is 11. The summed E-state index contributed by atoms with van der Waals surface area (Å²) in [5.74, 6) is 0. The molecule has 0 saturated carbocycles. The molecule has 3 fully saturated rings.